The van der Waals surface area contributed by atoms with E-state index in [-0.39, 0.29) is 12.5 Å². The molecule has 0 saturated carbocycles. The molecule has 0 atom stereocenters. The summed E-state index contributed by atoms with van der Waals surface area (Å²) in [4.78, 5) is 11.3. The van der Waals surface area contributed by atoms with Crippen molar-refractivity contribution in [2.75, 3.05) is 27.3 Å². The molecule has 1 aromatic rings. The first-order chi connectivity index (χ1) is 8.71. The first-order valence-electron chi connectivity index (χ1n) is 5.89. The van der Waals surface area contributed by atoms with Gasteiger partial charge in [-0.15, -0.1) is 0 Å². The molecule has 0 aliphatic heterocycles. The summed E-state index contributed by atoms with van der Waals surface area (Å²) in [6, 6.07) is 5.58. The van der Waals surface area contributed by atoms with Crippen molar-refractivity contribution < 1.29 is 14.3 Å². The lowest BCUT2D eigenvalue weighted by Crippen LogP contribution is -2.33. The van der Waals surface area contributed by atoms with Crippen LogP contribution in [-0.2, 0) is 11.3 Å². The van der Waals surface area contributed by atoms with Crippen LogP contribution in [0.4, 0.5) is 0 Å². The fraction of sp³-hybridized carbons (Fsp3) is 0.462. The molecule has 0 aromatic heterocycles. The Balaban J connectivity index is 2.57. The van der Waals surface area contributed by atoms with Gasteiger partial charge in [0.2, 0.25) is 5.91 Å². The van der Waals surface area contributed by atoms with E-state index in [1.807, 2.05) is 25.1 Å². The normalized spacial score (nSPS) is 9.94. The standard InChI is InChI=1S/C13H20N2O3/c1-4-15-13(16)9-14-8-10-7-11(17-2)5-6-12(10)18-3/h5-7,14H,4,8-9H2,1-3H3,(H,15,16). The van der Waals surface area contributed by atoms with Crippen LogP contribution in [0.5, 0.6) is 11.5 Å². The van der Waals surface area contributed by atoms with Gasteiger partial charge in [-0.05, 0) is 25.1 Å². The topological polar surface area (TPSA) is 59.6 Å². The molecule has 5 heteroatoms. The molecular formula is C13H20N2O3. The quantitative estimate of drug-likeness (QED) is 0.758. The first-order valence-corrected chi connectivity index (χ1v) is 5.89. The number of rotatable bonds is 7. The van der Waals surface area contributed by atoms with Gasteiger partial charge in [0.25, 0.3) is 0 Å². The van der Waals surface area contributed by atoms with Crippen molar-refractivity contribution in [1.82, 2.24) is 10.6 Å². The highest BCUT2D eigenvalue weighted by Gasteiger charge is 2.05. The Morgan fingerprint density at radius 2 is 2.06 bits per heavy atom. The summed E-state index contributed by atoms with van der Waals surface area (Å²) >= 11 is 0. The average molecular weight is 252 g/mol. The molecule has 100 valence electrons. The van der Waals surface area contributed by atoms with Crippen molar-refractivity contribution >= 4 is 5.91 Å². The number of amides is 1. The molecule has 0 heterocycles. The highest BCUT2D eigenvalue weighted by molar-refractivity contribution is 5.77. The lowest BCUT2D eigenvalue weighted by atomic mass is 10.2. The molecule has 0 aliphatic carbocycles. The number of hydrogen-bond donors (Lipinski definition) is 2. The summed E-state index contributed by atoms with van der Waals surface area (Å²) in [5, 5.41) is 5.79. The average Bonchev–Trinajstić information content (AvgIpc) is 2.39. The van der Waals surface area contributed by atoms with Gasteiger partial charge in [0.15, 0.2) is 0 Å². The van der Waals surface area contributed by atoms with E-state index in [2.05, 4.69) is 10.6 Å². The predicted molar refractivity (Wildman–Crippen MR) is 69.9 cm³/mol. The van der Waals surface area contributed by atoms with Crippen LogP contribution in [0.25, 0.3) is 0 Å². The second kappa shape index (κ2) is 7.55. The molecule has 0 bridgehead atoms. The summed E-state index contributed by atoms with van der Waals surface area (Å²) < 4.78 is 10.4. The minimum Gasteiger partial charge on any atom is -0.497 e. The maximum Gasteiger partial charge on any atom is 0.233 e. The number of nitrogens with one attached hydrogen (secondary N) is 2. The van der Waals surface area contributed by atoms with Crippen LogP contribution in [0.1, 0.15) is 12.5 Å². The summed E-state index contributed by atoms with van der Waals surface area (Å²) in [6.07, 6.45) is 0. The summed E-state index contributed by atoms with van der Waals surface area (Å²) in [7, 11) is 3.24. The largest absolute Gasteiger partial charge is 0.497 e. The molecule has 1 rings (SSSR count). The monoisotopic (exact) mass is 252 g/mol. The van der Waals surface area contributed by atoms with Crippen LogP contribution in [0.2, 0.25) is 0 Å². The molecule has 0 radical (unpaired) electrons. The van der Waals surface area contributed by atoms with Gasteiger partial charge in [-0.1, -0.05) is 0 Å². The van der Waals surface area contributed by atoms with Crippen molar-refractivity contribution in [2.24, 2.45) is 0 Å². The van der Waals surface area contributed by atoms with Gasteiger partial charge in [0.05, 0.1) is 20.8 Å². The second-order valence-electron chi connectivity index (χ2n) is 3.73. The van der Waals surface area contributed by atoms with Gasteiger partial charge in [-0.2, -0.15) is 0 Å². The number of carbonyl (C=O) groups is 1. The van der Waals surface area contributed by atoms with Gasteiger partial charge < -0.3 is 20.1 Å². The summed E-state index contributed by atoms with van der Waals surface area (Å²) in [5.41, 5.74) is 0.959. The first kappa shape index (κ1) is 14.3. The predicted octanol–water partition coefficient (Wildman–Crippen LogP) is 0.929. The van der Waals surface area contributed by atoms with Gasteiger partial charge >= 0.3 is 0 Å². The molecule has 0 aliphatic rings. The van der Waals surface area contributed by atoms with Gasteiger partial charge in [0.1, 0.15) is 11.5 Å². The number of hydrogen-bond acceptors (Lipinski definition) is 4. The minimum atomic E-state index is -0.0145. The van der Waals surface area contributed by atoms with E-state index in [1.165, 1.54) is 0 Å². The Morgan fingerprint density at radius 3 is 2.67 bits per heavy atom. The number of likely N-dealkylation sites (N-methyl/N-ethyl adjacent to an activating group) is 1. The highest BCUT2D eigenvalue weighted by Crippen LogP contribution is 2.23. The molecule has 0 spiro atoms. The second-order valence-corrected chi connectivity index (χ2v) is 3.73. The third kappa shape index (κ3) is 4.25. The Hall–Kier alpha value is -1.75. The molecule has 18 heavy (non-hydrogen) atoms. The zero-order valence-electron chi connectivity index (χ0n) is 11.1. The van der Waals surface area contributed by atoms with Crippen LogP contribution in [0.3, 0.4) is 0 Å². The Morgan fingerprint density at radius 1 is 1.28 bits per heavy atom. The number of carbonyl (C=O) groups excluding carboxylic acids is 1. The van der Waals surface area contributed by atoms with Crippen LogP contribution in [-0.4, -0.2) is 33.2 Å². The Labute approximate surface area is 107 Å². The Bertz CT molecular complexity index is 394. The van der Waals surface area contributed by atoms with Gasteiger partial charge in [-0.3, -0.25) is 4.79 Å². The van der Waals surface area contributed by atoms with Gasteiger partial charge in [-0.25, -0.2) is 0 Å². The minimum absolute atomic E-state index is 0.0145. The highest BCUT2D eigenvalue weighted by atomic mass is 16.5. The number of ether oxygens (including phenoxy) is 2. The van der Waals surface area contributed by atoms with Crippen molar-refractivity contribution in [3.63, 3.8) is 0 Å². The van der Waals surface area contributed by atoms with E-state index < -0.39 is 0 Å². The third-order valence-electron chi connectivity index (χ3n) is 2.46. The number of benzene rings is 1. The van der Waals surface area contributed by atoms with Crippen molar-refractivity contribution in [3.8, 4) is 11.5 Å². The van der Waals surface area contributed by atoms with E-state index >= 15 is 0 Å². The molecule has 0 fully saturated rings. The van der Waals surface area contributed by atoms with E-state index in [0.717, 1.165) is 17.1 Å². The molecule has 2 N–H and O–H groups in total. The van der Waals surface area contributed by atoms with Crippen molar-refractivity contribution in [1.29, 1.82) is 0 Å². The van der Waals surface area contributed by atoms with E-state index in [1.54, 1.807) is 14.2 Å². The van der Waals surface area contributed by atoms with Crippen LogP contribution < -0.4 is 20.1 Å². The lowest BCUT2D eigenvalue weighted by Gasteiger charge is -2.11. The van der Waals surface area contributed by atoms with Crippen LogP contribution in [0.15, 0.2) is 18.2 Å². The van der Waals surface area contributed by atoms with Crippen molar-refractivity contribution in [3.05, 3.63) is 23.8 Å². The van der Waals surface area contributed by atoms with Crippen molar-refractivity contribution in [2.45, 2.75) is 13.5 Å². The maximum atomic E-state index is 11.3. The van der Waals surface area contributed by atoms with E-state index in [4.69, 9.17) is 9.47 Å². The SMILES string of the molecule is CCNC(=O)CNCc1cc(OC)ccc1OC. The van der Waals surface area contributed by atoms with Crippen LogP contribution in [0, 0.1) is 0 Å². The lowest BCUT2D eigenvalue weighted by molar-refractivity contribution is -0.120. The Kier molecular flexibility index (Phi) is 6.00. The fourth-order valence-electron chi connectivity index (χ4n) is 1.59. The molecular weight excluding hydrogens is 232 g/mol. The third-order valence-corrected chi connectivity index (χ3v) is 2.46. The van der Waals surface area contributed by atoms with E-state index in [9.17, 15) is 4.79 Å². The van der Waals surface area contributed by atoms with Gasteiger partial charge in [0, 0.05) is 18.7 Å². The molecule has 1 aromatic carbocycles. The maximum absolute atomic E-state index is 11.3. The zero-order valence-corrected chi connectivity index (χ0v) is 11.1. The molecule has 0 unspecified atom stereocenters. The zero-order chi connectivity index (χ0) is 13.4. The molecule has 1 amide bonds. The smallest absolute Gasteiger partial charge is 0.233 e. The molecule has 5 nitrogen and oxygen atoms in total. The number of methoxy groups -OCH3 is 2. The van der Waals surface area contributed by atoms with E-state index in [0.29, 0.717) is 13.1 Å². The summed E-state index contributed by atoms with van der Waals surface area (Å²) in [5.74, 6) is 1.53. The summed E-state index contributed by atoms with van der Waals surface area (Å²) in [6.45, 7) is 3.37. The van der Waals surface area contributed by atoms with Crippen LogP contribution >= 0.6 is 0 Å². The fourth-order valence-corrected chi connectivity index (χ4v) is 1.59. The molecule has 0 saturated heterocycles.